The Balaban J connectivity index is 1.31. The van der Waals surface area contributed by atoms with Crippen LogP contribution in [0, 0.1) is 5.82 Å². The first kappa shape index (κ1) is 21.6. The van der Waals surface area contributed by atoms with Crippen LogP contribution < -0.4 is 10.6 Å². The first-order chi connectivity index (χ1) is 17.1. The number of fused-ring (bicyclic) bond motifs is 2. The quantitative estimate of drug-likeness (QED) is 0.354. The lowest BCUT2D eigenvalue weighted by molar-refractivity contribution is -0.132. The summed E-state index contributed by atoms with van der Waals surface area (Å²) in [4.78, 5) is 22.7. The molecule has 6 rings (SSSR count). The van der Waals surface area contributed by atoms with E-state index in [2.05, 4.69) is 26.7 Å². The molecule has 1 saturated heterocycles. The number of hydrogen-bond donors (Lipinski definition) is 2. The van der Waals surface area contributed by atoms with E-state index in [4.69, 9.17) is 0 Å². The molecular weight excluding hydrogens is 461 g/mol. The number of rotatable bonds is 5. The van der Waals surface area contributed by atoms with Crippen LogP contribution in [0.1, 0.15) is 5.56 Å². The monoisotopic (exact) mass is 483 g/mol. The molecule has 0 radical (unpaired) electrons. The van der Waals surface area contributed by atoms with Crippen LogP contribution in [0.15, 0.2) is 72.4 Å². The second-order valence-corrected chi connectivity index (χ2v) is 9.44. The molecule has 1 fully saturated rings. The number of carbonyl (C=O) groups excluding carboxylic acids is 1. The van der Waals surface area contributed by atoms with Crippen LogP contribution >= 0.6 is 11.3 Å². The molecule has 2 N–H and O–H groups in total. The van der Waals surface area contributed by atoms with Crippen molar-refractivity contribution in [1.82, 2.24) is 20.2 Å². The molecule has 1 aliphatic rings. The molecule has 0 aliphatic carbocycles. The first-order valence-electron chi connectivity index (χ1n) is 11.4. The Morgan fingerprint density at radius 1 is 1.03 bits per heavy atom. The van der Waals surface area contributed by atoms with E-state index in [0.717, 1.165) is 50.2 Å². The van der Waals surface area contributed by atoms with Gasteiger partial charge >= 0.3 is 0 Å². The van der Waals surface area contributed by atoms with Crippen LogP contribution in [-0.2, 0) is 11.3 Å². The van der Waals surface area contributed by atoms with Gasteiger partial charge in [-0.05, 0) is 53.6 Å². The van der Waals surface area contributed by atoms with Gasteiger partial charge in [0.1, 0.15) is 5.82 Å². The minimum Gasteiger partial charge on any atom is -0.355 e. The van der Waals surface area contributed by atoms with E-state index in [1.165, 1.54) is 6.07 Å². The second kappa shape index (κ2) is 9.05. The van der Waals surface area contributed by atoms with Gasteiger partial charge < -0.3 is 15.5 Å². The summed E-state index contributed by atoms with van der Waals surface area (Å²) in [6, 6.07) is 19.0. The van der Waals surface area contributed by atoms with Gasteiger partial charge in [-0.25, -0.2) is 9.37 Å². The van der Waals surface area contributed by atoms with E-state index < -0.39 is 0 Å². The predicted molar refractivity (Wildman–Crippen MR) is 138 cm³/mol. The summed E-state index contributed by atoms with van der Waals surface area (Å²) in [7, 11) is 0. The summed E-state index contributed by atoms with van der Waals surface area (Å²) in [6.07, 6.45) is 1.76. The Hall–Kier alpha value is -3.88. The van der Waals surface area contributed by atoms with Gasteiger partial charge in [-0.1, -0.05) is 18.2 Å². The number of amides is 1. The summed E-state index contributed by atoms with van der Waals surface area (Å²) >= 11 is 1.61. The topological polar surface area (TPSA) is 70.2 Å². The van der Waals surface area contributed by atoms with Gasteiger partial charge in [-0.3, -0.25) is 9.78 Å². The number of nitrogens with zero attached hydrogens (tertiary/aromatic N) is 3. The summed E-state index contributed by atoms with van der Waals surface area (Å²) in [5.74, 6) is -0.270. The highest BCUT2D eigenvalue weighted by molar-refractivity contribution is 7.16. The largest absolute Gasteiger partial charge is 0.355 e. The fourth-order valence-corrected chi connectivity index (χ4v) is 5.10. The third-order valence-electron chi connectivity index (χ3n) is 6.26. The molecule has 1 amide bonds. The molecular formula is C27H22FN5OS. The Morgan fingerprint density at radius 3 is 2.86 bits per heavy atom. The maximum absolute atomic E-state index is 15.2. The highest BCUT2D eigenvalue weighted by Crippen LogP contribution is 2.32. The number of anilines is 2. The highest BCUT2D eigenvalue weighted by Gasteiger charge is 2.18. The minimum atomic E-state index is -0.309. The zero-order valence-corrected chi connectivity index (χ0v) is 19.6. The second-order valence-electron chi connectivity index (χ2n) is 8.56. The van der Waals surface area contributed by atoms with Crippen molar-refractivity contribution in [2.24, 2.45) is 0 Å². The summed E-state index contributed by atoms with van der Waals surface area (Å²) < 4.78 is 16.3. The molecule has 0 atom stereocenters. The van der Waals surface area contributed by atoms with E-state index in [9.17, 15) is 4.79 Å². The lowest BCUT2D eigenvalue weighted by Crippen LogP contribution is -2.47. The standard InChI is InChI=1S/C27H22FN5OS/c28-22-11-17(15-33-10-9-29-14-27(33)34)1-4-20(22)18-2-5-23-21(12-18)24(7-8-30-23)32-19-3-6-26-25(13-19)31-16-35-26/h1-8,11-13,16,29H,9-10,14-15H2,(H,30,32). The van der Waals surface area contributed by atoms with Crippen molar-refractivity contribution >= 4 is 49.7 Å². The lowest BCUT2D eigenvalue weighted by Gasteiger charge is -2.27. The number of hydrogen-bond acceptors (Lipinski definition) is 6. The van der Waals surface area contributed by atoms with E-state index in [1.807, 2.05) is 48.0 Å². The third kappa shape index (κ3) is 4.34. The SMILES string of the molecule is O=C1CNCCN1Cc1ccc(-c2ccc3nccc(Nc4ccc5scnc5c4)c3c2)c(F)c1. The van der Waals surface area contributed by atoms with E-state index in [0.29, 0.717) is 25.2 Å². The average Bonchev–Trinajstić information content (AvgIpc) is 3.34. The fourth-order valence-electron chi connectivity index (χ4n) is 4.44. The van der Waals surface area contributed by atoms with E-state index >= 15 is 4.39 Å². The van der Waals surface area contributed by atoms with Crippen LogP contribution in [0.5, 0.6) is 0 Å². The van der Waals surface area contributed by atoms with Crippen LogP contribution in [0.3, 0.4) is 0 Å². The Morgan fingerprint density at radius 2 is 1.97 bits per heavy atom. The molecule has 0 unspecified atom stereocenters. The van der Waals surface area contributed by atoms with Crippen molar-refractivity contribution in [2.75, 3.05) is 25.0 Å². The van der Waals surface area contributed by atoms with Crippen LogP contribution in [0.2, 0.25) is 0 Å². The molecule has 0 bridgehead atoms. The van der Waals surface area contributed by atoms with Gasteiger partial charge in [-0.2, -0.15) is 0 Å². The third-order valence-corrected chi connectivity index (χ3v) is 7.07. The van der Waals surface area contributed by atoms with E-state index in [-0.39, 0.29) is 11.7 Å². The number of pyridine rings is 1. The van der Waals surface area contributed by atoms with Gasteiger partial charge in [0.15, 0.2) is 0 Å². The van der Waals surface area contributed by atoms with Crippen molar-refractivity contribution < 1.29 is 9.18 Å². The van der Waals surface area contributed by atoms with Gasteiger partial charge in [-0.15, -0.1) is 11.3 Å². The molecule has 2 aromatic heterocycles. The molecule has 174 valence electrons. The molecule has 1 aliphatic heterocycles. The molecule has 6 nitrogen and oxygen atoms in total. The zero-order valence-electron chi connectivity index (χ0n) is 18.8. The highest BCUT2D eigenvalue weighted by atomic mass is 32.1. The van der Waals surface area contributed by atoms with Crippen molar-refractivity contribution in [1.29, 1.82) is 0 Å². The van der Waals surface area contributed by atoms with Crippen LogP contribution in [0.25, 0.3) is 32.2 Å². The van der Waals surface area contributed by atoms with Gasteiger partial charge in [0.2, 0.25) is 5.91 Å². The molecule has 8 heteroatoms. The van der Waals surface area contributed by atoms with Gasteiger partial charge in [0.25, 0.3) is 0 Å². The number of halogens is 1. The number of benzene rings is 3. The van der Waals surface area contributed by atoms with Gasteiger partial charge in [0, 0.05) is 48.2 Å². The number of carbonyl (C=O) groups is 1. The Kier molecular flexibility index (Phi) is 5.60. The van der Waals surface area contributed by atoms with Crippen molar-refractivity contribution in [2.45, 2.75) is 6.54 Å². The smallest absolute Gasteiger partial charge is 0.236 e. The van der Waals surface area contributed by atoms with E-state index in [1.54, 1.807) is 28.5 Å². The minimum absolute atomic E-state index is 0.0386. The average molecular weight is 484 g/mol. The predicted octanol–water partition coefficient (Wildman–Crippen LogP) is 5.33. The maximum atomic E-state index is 15.2. The molecule has 3 heterocycles. The van der Waals surface area contributed by atoms with Crippen LogP contribution in [0.4, 0.5) is 15.8 Å². The molecule has 5 aromatic rings. The number of piperazine rings is 1. The summed E-state index contributed by atoms with van der Waals surface area (Å²) in [5, 5.41) is 7.43. The van der Waals surface area contributed by atoms with Crippen LogP contribution in [-0.4, -0.2) is 40.4 Å². The summed E-state index contributed by atoms with van der Waals surface area (Å²) in [6.45, 7) is 2.13. The molecule has 0 spiro atoms. The Labute approximate surface area is 205 Å². The number of thiazole rings is 1. The number of nitrogens with one attached hydrogen (secondary N) is 2. The fraction of sp³-hybridized carbons (Fsp3) is 0.148. The lowest BCUT2D eigenvalue weighted by atomic mass is 10.0. The molecule has 0 saturated carbocycles. The van der Waals surface area contributed by atoms with Crippen molar-refractivity contribution in [3.63, 3.8) is 0 Å². The zero-order chi connectivity index (χ0) is 23.8. The van der Waals surface area contributed by atoms with Crippen molar-refractivity contribution in [3.05, 3.63) is 83.8 Å². The van der Waals surface area contributed by atoms with Crippen molar-refractivity contribution in [3.8, 4) is 11.1 Å². The first-order valence-corrected chi connectivity index (χ1v) is 12.3. The maximum Gasteiger partial charge on any atom is 0.236 e. The number of aromatic nitrogens is 2. The van der Waals surface area contributed by atoms with Gasteiger partial charge in [0.05, 0.1) is 27.8 Å². The Bertz CT molecular complexity index is 1570. The molecule has 3 aromatic carbocycles. The molecule has 35 heavy (non-hydrogen) atoms. The summed E-state index contributed by atoms with van der Waals surface area (Å²) in [5.41, 5.74) is 7.49. The normalized spacial score (nSPS) is 14.1.